The van der Waals surface area contributed by atoms with Gasteiger partial charge in [0.25, 0.3) is 0 Å². The lowest BCUT2D eigenvalue weighted by Crippen LogP contribution is -2.31. The van der Waals surface area contributed by atoms with E-state index in [1.165, 1.54) is 6.42 Å². The van der Waals surface area contributed by atoms with Gasteiger partial charge in [-0.05, 0) is 44.4 Å². The summed E-state index contributed by atoms with van der Waals surface area (Å²) in [6.07, 6.45) is 5.73. The van der Waals surface area contributed by atoms with E-state index in [0.29, 0.717) is 18.3 Å². The minimum atomic E-state index is 0.120. The van der Waals surface area contributed by atoms with E-state index in [9.17, 15) is 9.90 Å². The number of amides is 1. The molecule has 1 aliphatic carbocycles. The molecule has 0 heterocycles. The highest BCUT2D eigenvalue weighted by Crippen LogP contribution is 2.30. The van der Waals surface area contributed by atoms with Crippen molar-refractivity contribution in [3.05, 3.63) is 0 Å². The van der Waals surface area contributed by atoms with Crippen LogP contribution in [-0.4, -0.2) is 30.2 Å². The van der Waals surface area contributed by atoms with E-state index in [4.69, 9.17) is 5.73 Å². The molecule has 0 bridgehead atoms. The van der Waals surface area contributed by atoms with E-state index >= 15 is 0 Å². The van der Waals surface area contributed by atoms with Crippen molar-refractivity contribution in [1.82, 2.24) is 5.32 Å². The van der Waals surface area contributed by atoms with Crippen LogP contribution in [-0.2, 0) is 4.79 Å². The molecule has 1 amide bonds. The highest BCUT2D eigenvalue weighted by atomic mass is 16.3. The molecule has 4 heteroatoms. The van der Waals surface area contributed by atoms with Gasteiger partial charge in [0.2, 0.25) is 5.91 Å². The first-order chi connectivity index (χ1) is 8.13. The van der Waals surface area contributed by atoms with Gasteiger partial charge in [0.05, 0.1) is 0 Å². The molecule has 4 nitrogen and oxygen atoms in total. The maximum absolute atomic E-state index is 11.6. The van der Waals surface area contributed by atoms with Crippen LogP contribution in [0.25, 0.3) is 0 Å². The Hall–Kier alpha value is -0.610. The van der Waals surface area contributed by atoms with Gasteiger partial charge in [-0.25, -0.2) is 0 Å². The van der Waals surface area contributed by atoms with Gasteiger partial charge in [-0.1, -0.05) is 6.42 Å². The highest BCUT2D eigenvalue weighted by molar-refractivity contribution is 5.75. The smallest absolute Gasteiger partial charge is 0.220 e. The van der Waals surface area contributed by atoms with Crippen molar-refractivity contribution in [1.29, 1.82) is 0 Å². The van der Waals surface area contributed by atoms with Gasteiger partial charge < -0.3 is 16.2 Å². The zero-order valence-corrected chi connectivity index (χ0v) is 10.8. The number of nitrogens with two attached hydrogens (primary N) is 1. The summed E-state index contributed by atoms with van der Waals surface area (Å²) in [5.74, 6) is 0.978. The van der Waals surface area contributed by atoms with Crippen LogP contribution in [0.4, 0.5) is 0 Å². The van der Waals surface area contributed by atoms with Crippen molar-refractivity contribution >= 4 is 5.91 Å². The molecule has 3 atom stereocenters. The molecule has 1 rings (SSSR count). The predicted molar refractivity (Wildman–Crippen MR) is 68.4 cm³/mol. The molecular formula is C13H26N2O2. The third-order valence-electron chi connectivity index (χ3n) is 3.68. The number of hydrogen-bond donors (Lipinski definition) is 3. The number of rotatable bonds is 7. The normalized spacial score (nSPS) is 25.8. The lowest BCUT2D eigenvalue weighted by Gasteiger charge is -2.17. The van der Waals surface area contributed by atoms with Crippen LogP contribution < -0.4 is 11.1 Å². The number of carbonyl (C=O) groups is 1. The minimum Gasteiger partial charge on any atom is -0.396 e. The van der Waals surface area contributed by atoms with E-state index in [-0.39, 0.29) is 18.6 Å². The lowest BCUT2D eigenvalue weighted by atomic mass is 9.97. The second-order valence-electron chi connectivity index (χ2n) is 5.31. The SMILES string of the molecule is CC(N)CCCC(=O)NCC1CCCC1CO. The molecule has 3 unspecified atom stereocenters. The van der Waals surface area contributed by atoms with Gasteiger partial charge in [-0.3, -0.25) is 4.79 Å². The molecule has 0 aliphatic heterocycles. The molecule has 0 saturated heterocycles. The van der Waals surface area contributed by atoms with E-state index < -0.39 is 0 Å². The number of aliphatic hydroxyl groups is 1. The van der Waals surface area contributed by atoms with Gasteiger partial charge in [0.1, 0.15) is 0 Å². The summed E-state index contributed by atoms with van der Waals surface area (Å²) < 4.78 is 0. The van der Waals surface area contributed by atoms with Crippen molar-refractivity contribution in [3.8, 4) is 0 Å². The van der Waals surface area contributed by atoms with Crippen LogP contribution in [0.5, 0.6) is 0 Å². The number of nitrogens with one attached hydrogen (secondary N) is 1. The molecule has 0 aromatic rings. The van der Waals surface area contributed by atoms with Crippen LogP contribution in [0.3, 0.4) is 0 Å². The Morgan fingerprint density at radius 1 is 1.47 bits per heavy atom. The Morgan fingerprint density at radius 3 is 2.82 bits per heavy atom. The summed E-state index contributed by atoms with van der Waals surface area (Å²) in [5, 5.41) is 12.1. The fraction of sp³-hybridized carbons (Fsp3) is 0.923. The molecule has 4 N–H and O–H groups in total. The van der Waals surface area contributed by atoms with Crippen LogP contribution in [0.1, 0.15) is 45.4 Å². The lowest BCUT2D eigenvalue weighted by molar-refractivity contribution is -0.121. The molecular weight excluding hydrogens is 216 g/mol. The first kappa shape index (κ1) is 14.5. The summed E-state index contributed by atoms with van der Waals surface area (Å²) >= 11 is 0. The summed E-state index contributed by atoms with van der Waals surface area (Å²) in [7, 11) is 0. The molecule has 1 aliphatic rings. The van der Waals surface area contributed by atoms with Gasteiger partial charge >= 0.3 is 0 Å². The standard InChI is InChI=1S/C13H26N2O2/c1-10(14)4-2-7-13(17)15-8-11-5-3-6-12(11)9-16/h10-12,16H,2-9,14H2,1H3,(H,15,17). The predicted octanol–water partition coefficient (Wildman–Crippen LogP) is 1.03. The maximum atomic E-state index is 11.6. The first-order valence-corrected chi connectivity index (χ1v) is 6.76. The Bertz CT molecular complexity index is 231. The topological polar surface area (TPSA) is 75.4 Å². The summed E-state index contributed by atoms with van der Waals surface area (Å²) in [6, 6.07) is 0.177. The van der Waals surface area contributed by atoms with Crippen LogP contribution in [0.15, 0.2) is 0 Å². The van der Waals surface area contributed by atoms with E-state index in [1.807, 2.05) is 6.92 Å². The minimum absolute atomic E-state index is 0.120. The molecule has 1 saturated carbocycles. The quantitative estimate of drug-likeness (QED) is 0.624. The van der Waals surface area contributed by atoms with Crippen molar-refractivity contribution in [3.63, 3.8) is 0 Å². The highest BCUT2D eigenvalue weighted by Gasteiger charge is 2.26. The average Bonchev–Trinajstić information content (AvgIpc) is 2.73. The van der Waals surface area contributed by atoms with E-state index in [2.05, 4.69) is 5.32 Å². The fourth-order valence-electron chi connectivity index (χ4n) is 2.54. The number of carbonyl (C=O) groups excluding carboxylic acids is 1. The average molecular weight is 242 g/mol. The second kappa shape index (κ2) is 7.67. The monoisotopic (exact) mass is 242 g/mol. The molecule has 0 radical (unpaired) electrons. The van der Waals surface area contributed by atoms with Crippen LogP contribution in [0, 0.1) is 11.8 Å². The van der Waals surface area contributed by atoms with Gasteiger partial charge in [-0.2, -0.15) is 0 Å². The largest absolute Gasteiger partial charge is 0.396 e. The van der Waals surface area contributed by atoms with Crippen LogP contribution in [0.2, 0.25) is 0 Å². The third kappa shape index (κ3) is 5.50. The maximum Gasteiger partial charge on any atom is 0.220 e. The molecule has 0 aromatic heterocycles. The molecule has 0 aromatic carbocycles. The Morgan fingerprint density at radius 2 is 2.18 bits per heavy atom. The summed E-state index contributed by atoms with van der Waals surface area (Å²) in [5.41, 5.74) is 5.63. The Labute approximate surface area is 104 Å². The molecule has 1 fully saturated rings. The fourth-order valence-corrected chi connectivity index (χ4v) is 2.54. The zero-order valence-electron chi connectivity index (χ0n) is 10.8. The molecule has 17 heavy (non-hydrogen) atoms. The van der Waals surface area contributed by atoms with Gasteiger partial charge in [-0.15, -0.1) is 0 Å². The van der Waals surface area contributed by atoms with Crippen molar-refractivity contribution < 1.29 is 9.90 Å². The summed E-state index contributed by atoms with van der Waals surface area (Å²) in [6.45, 7) is 2.94. The Balaban J connectivity index is 2.10. The first-order valence-electron chi connectivity index (χ1n) is 6.76. The van der Waals surface area contributed by atoms with Crippen molar-refractivity contribution in [2.45, 2.75) is 51.5 Å². The zero-order chi connectivity index (χ0) is 12.7. The van der Waals surface area contributed by atoms with Crippen molar-refractivity contribution in [2.75, 3.05) is 13.2 Å². The van der Waals surface area contributed by atoms with Crippen LogP contribution >= 0.6 is 0 Å². The Kier molecular flexibility index (Phi) is 6.52. The number of aliphatic hydroxyl groups excluding tert-OH is 1. The third-order valence-corrected chi connectivity index (χ3v) is 3.68. The van der Waals surface area contributed by atoms with E-state index in [0.717, 1.165) is 32.2 Å². The van der Waals surface area contributed by atoms with Crippen molar-refractivity contribution in [2.24, 2.45) is 17.6 Å². The number of hydrogen-bond acceptors (Lipinski definition) is 3. The van der Waals surface area contributed by atoms with Gasteiger partial charge in [0, 0.05) is 25.6 Å². The van der Waals surface area contributed by atoms with E-state index in [1.54, 1.807) is 0 Å². The molecule has 100 valence electrons. The summed E-state index contributed by atoms with van der Waals surface area (Å²) in [4.78, 5) is 11.6. The molecule has 0 spiro atoms. The van der Waals surface area contributed by atoms with Gasteiger partial charge in [0.15, 0.2) is 0 Å². The second-order valence-corrected chi connectivity index (χ2v) is 5.31.